The van der Waals surface area contributed by atoms with E-state index in [1.807, 2.05) is 19.2 Å². The van der Waals surface area contributed by atoms with Crippen LogP contribution < -0.4 is 5.73 Å². The number of nitrogens with two attached hydrogens (primary N) is 1. The molecular formula is C12H16N4. The molecule has 2 aromatic rings. The van der Waals surface area contributed by atoms with Gasteiger partial charge >= 0.3 is 0 Å². The Morgan fingerprint density at radius 2 is 2.25 bits per heavy atom. The highest BCUT2D eigenvalue weighted by Crippen LogP contribution is 2.15. The van der Waals surface area contributed by atoms with E-state index in [1.54, 1.807) is 11.0 Å². The minimum Gasteiger partial charge on any atom is -0.324 e. The first-order valence-electron chi connectivity index (χ1n) is 5.32. The molecule has 1 unspecified atom stereocenters. The molecule has 0 saturated heterocycles. The first-order valence-corrected chi connectivity index (χ1v) is 5.32. The van der Waals surface area contributed by atoms with Gasteiger partial charge in [-0.3, -0.25) is 4.68 Å². The summed E-state index contributed by atoms with van der Waals surface area (Å²) in [4.78, 5) is 4.18. The smallest absolute Gasteiger partial charge is 0.138 e. The predicted octanol–water partition coefficient (Wildman–Crippen LogP) is 1.37. The molecule has 0 saturated carbocycles. The highest BCUT2D eigenvalue weighted by atomic mass is 15.3. The van der Waals surface area contributed by atoms with E-state index in [0.29, 0.717) is 6.42 Å². The van der Waals surface area contributed by atoms with Crippen molar-refractivity contribution in [1.82, 2.24) is 14.8 Å². The molecule has 0 amide bonds. The second kappa shape index (κ2) is 4.45. The third kappa shape index (κ3) is 2.28. The summed E-state index contributed by atoms with van der Waals surface area (Å²) in [5.74, 6) is 0.911. The van der Waals surface area contributed by atoms with Crippen molar-refractivity contribution in [2.24, 2.45) is 12.8 Å². The number of rotatable bonds is 3. The highest BCUT2D eigenvalue weighted by Gasteiger charge is 2.10. The standard InChI is InChI=1S/C12H16N4/c1-9-4-3-5-10(6-9)11(13)7-12-14-8-15-16(12)2/h3-6,8,11H,7,13H2,1-2H3. The lowest BCUT2D eigenvalue weighted by molar-refractivity contribution is 0.629. The highest BCUT2D eigenvalue weighted by molar-refractivity contribution is 5.25. The van der Waals surface area contributed by atoms with E-state index in [9.17, 15) is 0 Å². The monoisotopic (exact) mass is 216 g/mol. The van der Waals surface area contributed by atoms with Crippen molar-refractivity contribution in [3.8, 4) is 0 Å². The summed E-state index contributed by atoms with van der Waals surface area (Å²) in [5, 5.41) is 4.03. The third-order valence-corrected chi connectivity index (χ3v) is 2.68. The van der Waals surface area contributed by atoms with Gasteiger partial charge in [0.15, 0.2) is 0 Å². The SMILES string of the molecule is Cc1cccc(C(N)Cc2ncnn2C)c1. The molecule has 0 radical (unpaired) electrons. The molecule has 1 atom stereocenters. The van der Waals surface area contributed by atoms with E-state index in [1.165, 1.54) is 5.56 Å². The minimum atomic E-state index is -0.0252. The zero-order valence-corrected chi connectivity index (χ0v) is 9.59. The summed E-state index contributed by atoms with van der Waals surface area (Å²) in [6, 6.07) is 8.23. The van der Waals surface area contributed by atoms with E-state index < -0.39 is 0 Å². The van der Waals surface area contributed by atoms with Crippen LogP contribution in [0, 0.1) is 6.92 Å². The zero-order valence-electron chi connectivity index (χ0n) is 9.59. The van der Waals surface area contributed by atoms with E-state index in [0.717, 1.165) is 11.4 Å². The van der Waals surface area contributed by atoms with Crippen LogP contribution in [0.15, 0.2) is 30.6 Å². The van der Waals surface area contributed by atoms with Gasteiger partial charge in [-0.2, -0.15) is 5.10 Å². The molecule has 4 nitrogen and oxygen atoms in total. The molecule has 0 bridgehead atoms. The normalized spacial score (nSPS) is 12.7. The van der Waals surface area contributed by atoms with Crippen LogP contribution in [0.3, 0.4) is 0 Å². The van der Waals surface area contributed by atoms with Gasteiger partial charge in [-0.05, 0) is 12.5 Å². The van der Waals surface area contributed by atoms with Gasteiger partial charge < -0.3 is 5.73 Å². The molecule has 0 aliphatic rings. The Kier molecular flexibility index (Phi) is 3.01. The van der Waals surface area contributed by atoms with Crippen LogP contribution in [-0.2, 0) is 13.5 Å². The summed E-state index contributed by atoms with van der Waals surface area (Å²) in [6.07, 6.45) is 2.26. The van der Waals surface area contributed by atoms with E-state index in [-0.39, 0.29) is 6.04 Å². The van der Waals surface area contributed by atoms with Crippen molar-refractivity contribution < 1.29 is 0 Å². The largest absolute Gasteiger partial charge is 0.324 e. The number of aromatic nitrogens is 3. The summed E-state index contributed by atoms with van der Waals surface area (Å²) >= 11 is 0. The molecule has 0 aliphatic heterocycles. The lowest BCUT2D eigenvalue weighted by Gasteiger charge is -2.11. The van der Waals surface area contributed by atoms with Crippen molar-refractivity contribution in [3.05, 3.63) is 47.5 Å². The molecule has 1 heterocycles. The van der Waals surface area contributed by atoms with Crippen molar-refractivity contribution in [1.29, 1.82) is 0 Å². The van der Waals surface area contributed by atoms with Crippen molar-refractivity contribution in [3.63, 3.8) is 0 Å². The molecule has 2 N–H and O–H groups in total. The predicted molar refractivity (Wildman–Crippen MR) is 62.8 cm³/mol. The summed E-state index contributed by atoms with van der Waals surface area (Å²) < 4.78 is 1.76. The van der Waals surface area contributed by atoms with E-state index in [4.69, 9.17) is 5.73 Å². The second-order valence-corrected chi connectivity index (χ2v) is 4.02. The van der Waals surface area contributed by atoms with Gasteiger partial charge in [0.2, 0.25) is 0 Å². The van der Waals surface area contributed by atoms with Gasteiger partial charge in [0.25, 0.3) is 0 Å². The number of benzene rings is 1. The Labute approximate surface area is 95.1 Å². The van der Waals surface area contributed by atoms with Gasteiger partial charge in [0, 0.05) is 19.5 Å². The fourth-order valence-corrected chi connectivity index (χ4v) is 1.72. The Morgan fingerprint density at radius 1 is 1.44 bits per heavy atom. The lowest BCUT2D eigenvalue weighted by atomic mass is 10.0. The first kappa shape index (κ1) is 10.8. The molecule has 2 rings (SSSR count). The molecule has 4 heteroatoms. The van der Waals surface area contributed by atoms with Gasteiger partial charge in [0.1, 0.15) is 12.2 Å². The summed E-state index contributed by atoms with van der Waals surface area (Å²) in [6.45, 7) is 2.07. The van der Waals surface area contributed by atoms with Crippen molar-refractivity contribution in [2.45, 2.75) is 19.4 Å². The quantitative estimate of drug-likeness (QED) is 0.843. The van der Waals surface area contributed by atoms with Crippen molar-refractivity contribution >= 4 is 0 Å². The van der Waals surface area contributed by atoms with Crippen LogP contribution in [-0.4, -0.2) is 14.8 Å². The average molecular weight is 216 g/mol. The topological polar surface area (TPSA) is 56.7 Å². The average Bonchev–Trinajstić information content (AvgIpc) is 2.64. The number of aryl methyl sites for hydroxylation is 2. The Bertz CT molecular complexity index is 475. The lowest BCUT2D eigenvalue weighted by Crippen LogP contribution is -2.16. The Hall–Kier alpha value is -1.68. The van der Waals surface area contributed by atoms with Crippen LogP contribution in [0.4, 0.5) is 0 Å². The molecular weight excluding hydrogens is 200 g/mol. The van der Waals surface area contributed by atoms with Crippen LogP contribution in [0.1, 0.15) is 23.0 Å². The second-order valence-electron chi connectivity index (χ2n) is 4.02. The van der Waals surface area contributed by atoms with E-state index in [2.05, 4.69) is 29.1 Å². The molecule has 0 spiro atoms. The number of nitrogens with zero attached hydrogens (tertiary/aromatic N) is 3. The zero-order chi connectivity index (χ0) is 11.5. The minimum absolute atomic E-state index is 0.0252. The molecule has 1 aromatic heterocycles. The third-order valence-electron chi connectivity index (χ3n) is 2.68. The van der Waals surface area contributed by atoms with Crippen LogP contribution in [0.25, 0.3) is 0 Å². The Balaban J connectivity index is 2.14. The number of hydrogen-bond acceptors (Lipinski definition) is 3. The first-order chi connectivity index (χ1) is 7.66. The molecule has 84 valence electrons. The maximum Gasteiger partial charge on any atom is 0.138 e. The van der Waals surface area contributed by atoms with Gasteiger partial charge in [-0.1, -0.05) is 29.8 Å². The fraction of sp³-hybridized carbons (Fsp3) is 0.333. The molecule has 1 aromatic carbocycles. The molecule has 16 heavy (non-hydrogen) atoms. The van der Waals surface area contributed by atoms with Gasteiger partial charge in [0.05, 0.1) is 0 Å². The van der Waals surface area contributed by atoms with Crippen LogP contribution in [0.5, 0.6) is 0 Å². The van der Waals surface area contributed by atoms with Gasteiger partial charge in [-0.25, -0.2) is 4.98 Å². The van der Waals surface area contributed by atoms with Crippen LogP contribution >= 0.6 is 0 Å². The maximum absolute atomic E-state index is 6.14. The summed E-state index contributed by atoms with van der Waals surface area (Å²) in [5.41, 5.74) is 8.51. The van der Waals surface area contributed by atoms with Crippen molar-refractivity contribution in [2.75, 3.05) is 0 Å². The summed E-state index contributed by atoms with van der Waals surface area (Å²) in [7, 11) is 1.88. The maximum atomic E-state index is 6.14. The molecule has 0 aliphatic carbocycles. The van der Waals surface area contributed by atoms with E-state index >= 15 is 0 Å². The fourth-order valence-electron chi connectivity index (χ4n) is 1.72. The Morgan fingerprint density at radius 3 is 2.88 bits per heavy atom. The number of hydrogen-bond donors (Lipinski definition) is 1. The van der Waals surface area contributed by atoms with Crippen LogP contribution in [0.2, 0.25) is 0 Å². The van der Waals surface area contributed by atoms with Gasteiger partial charge in [-0.15, -0.1) is 0 Å². The molecule has 0 fully saturated rings.